The quantitative estimate of drug-likeness (QED) is 0.855. The van der Waals surface area contributed by atoms with Crippen molar-refractivity contribution < 1.29 is 13.6 Å². The molecule has 1 N–H and O–H groups in total. The molecule has 0 saturated carbocycles. The van der Waals surface area contributed by atoms with Gasteiger partial charge in [-0.3, -0.25) is 10.1 Å². The minimum Gasteiger partial charge on any atom is -0.322 e. The van der Waals surface area contributed by atoms with Crippen LogP contribution in [0.1, 0.15) is 25.6 Å². The molecule has 1 aliphatic heterocycles. The topological polar surface area (TPSA) is 32.3 Å². The van der Waals surface area contributed by atoms with E-state index in [0.717, 1.165) is 6.07 Å². The molecule has 0 aliphatic carbocycles. The third kappa shape index (κ3) is 2.02. The second-order valence-electron chi connectivity index (χ2n) is 4.08. The fraction of sp³-hybridized carbons (Fsp3) is 0.417. The predicted molar refractivity (Wildman–Crippen MR) is 59.1 cm³/mol. The van der Waals surface area contributed by atoms with Gasteiger partial charge >= 0.3 is 0 Å². The average Bonchev–Trinajstić information content (AvgIpc) is 2.55. The molecule has 2 atom stereocenters. The van der Waals surface area contributed by atoms with Gasteiger partial charge in [-0.25, -0.2) is 8.78 Å². The van der Waals surface area contributed by atoms with Crippen LogP contribution in [-0.2, 0) is 4.79 Å². The lowest BCUT2D eigenvalue weighted by Gasteiger charge is -2.23. The maximum Gasteiger partial charge on any atom is 0.241 e. The zero-order valence-electron chi connectivity index (χ0n) is 9.71. The SMILES string of the molecule is CCN1C(=O)C(C)NC1c1ccc(F)cc1F. The van der Waals surface area contributed by atoms with Crippen molar-refractivity contribution in [3.8, 4) is 0 Å². The third-order valence-corrected chi connectivity index (χ3v) is 2.97. The molecular formula is C12H14F2N2O. The van der Waals surface area contributed by atoms with E-state index in [9.17, 15) is 13.6 Å². The predicted octanol–water partition coefficient (Wildman–Crippen LogP) is 1.80. The van der Waals surface area contributed by atoms with Crippen molar-refractivity contribution in [2.45, 2.75) is 26.1 Å². The molecule has 1 aromatic carbocycles. The normalized spacial score (nSPS) is 24.5. The first-order valence-corrected chi connectivity index (χ1v) is 5.56. The van der Waals surface area contributed by atoms with Crippen molar-refractivity contribution in [2.75, 3.05) is 6.54 Å². The van der Waals surface area contributed by atoms with Gasteiger partial charge in [0, 0.05) is 18.2 Å². The average molecular weight is 240 g/mol. The number of carbonyl (C=O) groups is 1. The van der Waals surface area contributed by atoms with Crippen LogP contribution in [-0.4, -0.2) is 23.4 Å². The van der Waals surface area contributed by atoms with Crippen LogP contribution in [0, 0.1) is 11.6 Å². The van der Waals surface area contributed by atoms with E-state index in [0.29, 0.717) is 12.1 Å². The van der Waals surface area contributed by atoms with Crippen LogP contribution < -0.4 is 5.32 Å². The van der Waals surface area contributed by atoms with Gasteiger partial charge in [-0.15, -0.1) is 0 Å². The Bertz CT molecular complexity index is 450. The Kier molecular flexibility index (Phi) is 3.11. The summed E-state index contributed by atoms with van der Waals surface area (Å²) in [5.41, 5.74) is 0.297. The highest BCUT2D eigenvalue weighted by Gasteiger charge is 2.37. The Morgan fingerprint density at radius 1 is 1.41 bits per heavy atom. The summed E-state index contributed by atoms with van der Waals surface area (Å²) < 4.78 is 26.5. The Morgan fingerprint density at radius 2 is 2.12 bits per heavy atom. The summed E-state index contributed by atoms with van der Waals surface area (Å²) in [6.07, 6.45) is -0.511. The largest absolute Gasteiger partial charge is 0.322 e. The molecule has 1 amide bonds. The molecule has 1 saturated heterocycles. The van der Waals surface area contributed by atoms with Crippen molar-refractivity contribution in [2.24, 2.45) is 0 Å². The van der Waals surface area contributed by atoms with Crippen molar-refractivity contribution in [1.29, 1.82) is 0 Å². The maximum absolute atomic E-state index is 13.6. The molecule has 1 fully saturated rings. The number of benzene rings is 1. The Balaban J connectivity index is 2.36. The summed E-state index contributed by atoms with van der Waals surface area (Å²) in [7, 11) is 0. The van der Waals surface area contributed by atoms with Crippen LogP contribution >= 0.6 is 0 Å². The minimum atomic E-state index is -0.636. The summed E-state index contributed by atoms with van der Waals surface area (Å²) in [6.45, 7) is 4.04. The first-order chi connectivity index (χ1) is 8.04. The van der Waals surface area contributed by atoms with Crippen molar-refractivity contribution in [1.82, 2.24) is 10.2 Å². The van der Waals surface area contributed by atoms with Gasteiger partial charge in [0.25, 0.3) is 0 Å². The number of halogens is 2. The molecule has 0 spiro atoms. The monoisotopic (exact) mass is 240 g/mol. The Morgan fingerprint density at radius 3 is 2.71 bits per heavy atom. The molecular weight excluding hydrogens is 226 g/mol. The molecule has 92 valence electrons. The molecule has 0 radical (unpaired) electrons. The molecule has 0 aromatic heterocycles. The van der Waals surface area contributed by atoms with E-state index >= 15 is 0 Å². The Labute approximate surface area is 98.4 Å². The number of hydrogen-bond donors (Lipinski definition) is 1. The summed E-state index contributed by atoms with van der Waals surface area (Å²) in [4.78, 5) is 13.3. The van der Waals surface area contributed by atoms with Crippen LogP contribution in [0.25, 0.3) is 0 Å². The number of hydrogen-bond acceptors (Lipinski definition) is 2. The molecule has 2 unspecified atom stereocenters. The number of nitrogens with zero attached hydrogens (tertiary/aromatic N) is 1. The molecule has 1 aromatic rings. The summed E-state index contributed by atoms with van der Waals surface area (Å²) >= 11 is 0. The molecule has 1 aliphatic rings. The van der Waals surface area contributed by atoms with Gasteiger partial charge in [0.15, 0.2) is 0 Å². The number of likely N-dealkylation sites (N-methyl/N-ethyl adjacent to an activating group) is 1. The molecule has 5 heteroatoms. The van der Waals surface area contributed by atoms with Gasteiger partial charge in [0.05, 0.1) is 6.04 Å². The highest BCUT2D eigenvalue weighted by molar-refractivity contribution is 5.84. The van der Waals surface area contributed by atoms with Crippen LogP contribution in [0.2, 0.25) is 0 Å². The molecule has 3 nitrogen and oxygen atoms in total. The first kappa shape index (κ1) is 12.0. The molecule has 17 heavy (non-hydrogen) atoms. The smallest absolute Gasteiger partial charge is 0.241 e. The van der Waals surface area contributed by atoms with Crippen LogP contribution in [0.15, 0.2) is 18.2 Å². The zero-order chi connectivity index (χ0) is 12.6. The number of nitrogens with one attached hydrogen (secondary N) is 1. The lowest BCUT2D eigenvalue weighted by molar-refractivity contribution is -0.129. The van der Waals surface area contributed by atoms with Crippen molar-refractivity contribution >= 4 is 5.91 Å². The second-order valence-corrected chi connectivity index (χ2v) is 4.08. The van der Waals surface area contributed by atoms with E-state index in [1.165, 1.54) is 12.1 Å². The highest BCUT2D eigenvalue weighted by Crippen LogP contribution is 2.27. The van der Waals surface area contributed by atoms with Crippen LogP contribution in [0.3, 0.4) is 0 Å². The molecule has 2 rings (SSSR count). The summed E-state index contributed by atoms with van der Waals surface area (Å²) in [6, 6.07) is 3.06. The summed E-state index contributed by atoms with van der Waals surface area (Å²) in [5.74, 6) is -1.32. The third-order valence-electron chi connectivity index (χ3n) is 2.97. The number of amides is 1. The zero-order valence-corrected chi connectivity index (χ0v) is 9.71. The van der Waals surface area contributed by atoms with Crippen molar-refractivity contribution in [3.05, 3.63) is 35.4 Å². The second kappa shape index (κ2) is 4.41. The van der Waals surface area contributed by atoms with E-state index in [1.807, 2.05) is 6.92 Å². The van der Waals surface area contributed by atoms with Gasteiger partial charge < -0.3 is 4.90 Å². The maximum atomic E-state index is 13.6. The van der Waals surface area contributed by atoms with Gasteiger partial charge in [0.2, 0.25) is 5.91 Å². The lowest BCUT2D eigenvalue weighted by Crippen LogP contribution is -2.30. The van der Waals surface area contributed by atoms with E-state index in [2.05, 4.69) is 5.32 Å². The van der Waals surface area contributed by atoms with E-state index in [1.54, 1.807) is 11.8 Å². The Hall–Kier alpha value is -1.49. The van der Waals surface area contributed by atoms with Gasteiger partial charge in [0.1, 0.15) is 17.8 Å². The summed E-state index contributed by atoms with van der Waals surface area (Å²) in [5, 5.41) is 3.00. The number of carbonyl (C=O) groups excluding carboxylic acids is 1. The first-order valence-electron chi connectivity index (χ1n) is 5.56. The number of rotatable bonds is 2. The van der Waals surface area contributed by atoms with Crippen LogP contribution in [0.4, 0.5) is 8.78 Å². The van der Waals surface area contributed by atoms with Gasteiger partial charge in [-0.05, 0) is 26.0 Å². The van der Waals surface area contributed by atoms with E-state index in [4.69, 9.17) is 0 Å². The lowest BCUT2D eigenvalue weighted by atomic mass is 10.1. The van der Waals surface area contributed by atoms with Crippen LogP contribution in [0.5, 0.6) is 0 Å². The highest BCUT2D eigenvalue weighted by atomic mass is 19.1. The standard InChI is InChI=1S/C12H14F2N2O/c1-3-16-11(15-7(2)12(16)17)9-5-4-8(13)6-10(9)14/h4-7,11,15H,3H2,1-2H3. The fourth-order valence-electron chi connectivity index (χ4n) is 2.09. The minimum absolute atomic E-state index is 0.0683. The molecule has 0 bridgehead atoms. The van der Waals surface area contributed by atoms with Gasteiger partial charge in [-0.1, -0.05) is 0 Å². The van der Waals surface area contributed by atoms with Crippen molar-refractivity contribution in [3.63, 3.8) is 0 Å². The van der Waals surface area contributed by atoms with Gasteiger partial charge in [-0.2, -0.15) is 0 Å². The van der Waals surface area contributed by atoms with E-state index in [-0.39, 0.29) is 11.9 Å². The molecule has 1 heterocycles. The fourth-order valence-corrected chi connectivity index (χ4v) is 2.09. The van der Waals surface area contributed by atoms with E-state index < -0.39 is 17.8 Å².